The highest BCUT2D eigenvalue weighted by Crippen LogP contribution is 2.28. The summed E-state index contributed by atoms with van der Waals surface area (Å²) in [7, 11) is 1.61. The topological polar surface area (TPSA) is 29.5 Å². The van der Waals surface area contributed by atoms with E-state index in [-0.39, 0.29) is 5.54 Å². The van der Waals surface area contributed by atoms with Gasteiger partial charge in [-0.2, -0.15) is 0 Å². The Hall–Kier alpha value is -0.410. The molecule has 0 aromatic carbocycles. The van der Waals surface area contributed by atoms with Gasteiger partial charge >= 0.3 is 0 Å². The molecule has 3 heteroatoms. The predicted octanol–water partition coefficient (Wildman–Crippen LogP) is 1.07. The fraction of sp³-hybridized carbons (Fsp3) is 0.900. The van der Waals surface area contributed by atoms with E-state index in [0.29, 0.717) is 0 Å². The maximum atomic E-state index is 10.9. The van der Waals surface area contributed by atoms with Crippen LogP contribution in [-0.4, -0.2) is 42.5 Å². The van der Waals surface area contributed by atoms with Crippen LogP contribution in [0.2, 0.25) is 0 Å². The summed E-state index contributed by atoms with van der Waals surface area (Å²) >= 11 is 0. The van der Waals surface area contributed by atoms with Crippen molar-refractivity contribution in [3.63, 3.8) is 0 Å². The van der Waals surface area contributed by atoms with Gasteiger partial charge in [-0.05, 0) is 27.2 Å². The molecule has 1 saturated heterocycles. The van der Waals surface area contributed by atoms with Gasteiger partial charge in [0.05, 0.1) is 0 Å². The molecule has 0 spiro atoms. The van der Waals surface area contributed by atoms with Gasteiger partial charge in [0.2, 0.25) is 0 Å². The van der Waals surface area contributed by atoms with Crippen LogP contribution >= 0.6 is 0 Å². The van der Waals surface area contributed by atoms with E-state index in [9.17, 15) is 4.79 Å². The summed E-state index contributed by atoms with van der Waals surface area (Å²) in [4.78, 5) is 13.2. The van der Waals surface area contributed by atoms with Crippen molar-refractivity contribution in [1.82, 2.24) is 4.90 Å². The standard InChI is InChI=1S/C10H19NO2/c1-9(2,3)11-6-5-10(7-11,8-12)13-4/h8H,5-7H2,1-4H3. The highest BCUT2D eigenvalue weighted by Gasteiger charge is 2.41. The first-order valence-electron chi connectivity index (χ1n) is 4.70. The van der Waals surface area contributed by atoms with Crippen LogP contribution in [0, 0.1) is 0 Å². The average Bonchev–Trinajstić information content (AvgIpc) is 2.48. The Bertz CT molecular complexity index is 198. The highest BCUT2D eigenvalue weighted by atomic mass is 16.5. The van der Waals surface area contributed by atoms with E-state index in [1.165, 1.54) is 0 Å². The molecular weight excluding hydrogens is 166 g/mol. The molecule has 13 heavy (non-hydrogen) atoms. The van der Waals surface area contributed by atoms with Crippen molar-refractivity contribution in [2.75, 3.05) is 20.2 Å². The maximum absolute atomic E-state index is 10.9. The minimum atomic E-state index is -0.548. The number of carbonyl (C=O) groups excluding carboxylic acids is 1. The van der Waals surface area contributed by atoms with Crippen molar-refractivity contribution in [3.05, 3.63) is 0 Å². The molecule has 0 saturated carbocycles. The van der Waals surface area contributed by atoms with Crippen LogP contribution in [0.4, 0.5) is 0 Å². The zero-order valence-corrected chi connectivity index (χ0v) is 8.96. The van der Waals surface area contributed by atoms with Crippen molar-refractivity contribution in [1.29, 1.82) is 0 Å². The van der Waals surface area contributed by atoms with Crippen LogP contribution in [0.3, 0.4) is 0 Å². The van der Waals surface area contributed by atoms with Gasteiger partial charge < -0.3 is 9.53 Å². The molecule has 0 aromatic rings. The van der Waals surface area contributed by atoms with Crippen molar-refractivity contribution >= 4 is 6.29 Å². The lowest BCUT2D eigenvalue weighted by molar-refractivity contribution is -0.126. The van der Waals surface area contributed by atoms with Crippen LogP contribution in [0.1, 0.15) is 27.2 Å². The molecule has 1 unspecified atom stereocenters. The highest BCUT2D eigenvalue weighted by molar-refractivity contribution is 5.63. The molecular formula is C10H19NO2. The van der Waals surface area contributed by atoms with Crippen molar-refractivity contribution < 1.29 is 9.53 Å². The Morgan fingerprint density at radius 2 is 2.08 bits per heavy atom. The molecule has 1 aliphatic rings. The summed E-state index contributed by atoms with van der Waals surface area (Å²) in [5.41, 5.74) is -0.420. The van der Waals surface area contributed by atoms with Crippen molar-refractivity contribution in [2.45, 2.75) is 38.3 Å². The molecule has 0 bridgehead atoms. The van der Waals surface area contributed by atoms with Gasteiger partial charge in [-0.15, -0.1) is 0 Å². The minimum Gasteiger partial charge on any atom is -0.369 e. The second-order valence-corrected chi connectivity index (χ2v) is 4.73. The van der Waals surface area contributed by atoms with Gasteiger partial charge in [0.1, 0.15) is 5.60 Å². The number of ether oxygens (including phenoxy) is 1. The molecule has 0 amide bonds. The number of rotatable bonds is 2. The first-order chi connectivity index (χ1) is 5.93. The van der Waals surface area contributed by atoms with Gasteiger partial charge in [-0.25, -0.2) is 0 Å². The molecule has 0 aliphatic carbocycles. The van der Waals surface area contributed by atoms with Crippen LogP contribution in [0.15, 0.2) is 0 Å². The van der Waals surface area contributed by atoms with E-state index in [2.05, 4.69) is 25.7 Å². The largest absolute Gasteiger partial charge is 0.369 e. The van der Waals surface area contributed by atoms with E-state index in [4.69, 9.17) is 4.74 Å². The van der Waals surface area contributed by atoms with E-state index in [1.54, 1.807) is 7.11 Å². The molecule has 0 aromatic heterocycles. The summed E-state index contributed by atoms with van der Waals surface area (Å²) in [6.07, 6.45) is 1.75. The number of nitrogens with zero attached hydrogens (tertiary/aromatic N) is 1. The molecule has 0 radical (unpaired) electrons. The monoisotopic (exact) mass is 185 g/mol. The minimum absolute atomic E-state index is 0.128. The molecule has 1 rings (SSSR count). The Kier molecular flexibility index (Phi) is 2.78. The van der Waals surface area contributed by atoms with Crippen LogP contribution in [0.5, 0.6) is 0 Å². The van der Waals surface area contributed by atoms with Gasteiger partial charge in [0.15, 0.2) is 6.29 Å². The van der Waals surface area contributed by atoms with Crippen LogP contribution < -0.4 is 0 Å². The van der Waals surface area contributed by atoms with Gasteiger partial charge in [-0.1, -0.05) is 0 Å². The van der Waals surface area contributed by atoms with Gasteiger partial charge in [0, 0.05) is 25.7 Å². The maximum Gasteiger partial charge on any atom is 0.153 e. The first-order valence-corrected chi connectivity index (χ1v) is 4.70. The lowest BCUT2D eigenvalue weighted by atomic mass is 10.0. The Morgan fingerprint density at radius 3 is 2.31 bits per heavy atom. The molecule has 76 valence electrons. The van der Waals surface area contributed by atoms with Gasteiger partial charge in [0.25, 0.3) is 0 Å². The number of hydrogen-bond acceptors (Lipinski definition) is 3. The summed E-state index contributed by atoms with van der Waals surface area (Å²) in [5, 5.41) is 0. The van der Waals surface area contributed by atoms with E-state index in [1.807, 2.05) is 0 Å². The predicted molar refractivity (Wildman–Crippen MR) is 51.7 cm³/mol. The molecule has 1 fully saturated rings. The quantitative estimate of drug-likeness (QED) is 0.603. The average molecular weight is 185 g/mol. The summed E-state index contributed by atoms with van der Waals surface area (Å²) in [5.74, 6) is 0. The lowest BCUT2D eigenvalue weighted by Crippen LogP contribution is -2.44. The molecule has 1 aliphatic heterocycles. The smallest absolute Gasteiger partial charge is 0.153 e. The molecule has 1 atom stereocenters. The number of hydrogen-bond donors (Lipinski definition) is 0. The molecule has 0 N–H and O–H groups in total. The second kappa shape index (κ2) is 3.39. The van der Waals surface area contributed by atoms with E-state index in [0.717, 1.165) is 25.8 Å². The molecule has 3 nitrogen and oxygen atoms in total. The molecule has 1 heterocycles. The summed E-state index contributed by atoms with van der Waals surface area (Å²) in [6, 6.07) is 0. The zero-order chi connectivity index (χ0) is 10.1. The normalized spacial score (nSPS) is 30.8. The van der Waals surface area contributed by atoms with Crippen molar-refractivity contribution in [2.24, 2.45) is 0 Å². The number of methoxy groups -OCH3 is 1. The zero-order valence-electron chi connectivity index (χ0n) is 8.96. The number of aldehydes is 1. The third kappa shape index (κ3) is 2.09. The summed E-state index contributed by atoms with van der Waals surface area (Å²) < 4.78 is 5.26. The van der Waals surface area contributed by atoms with Gasteiger partial charge in [-0.3, -0.25) is 4.90 Å². The first kappa shape index (κ1) is 10.7. The SMILES string of the molecule is COC1(C=O)CCN(C(C)(C)C)C1. The Labute approximate surface area is 80.1 Å². The summed E-state index contributed by atoms with van der Waals surface area (Å²) in [6.45, 7) is 8.13. The number of likely N-dealkylation sites (tertiary alicyclic amines) is 1. The van der Waals surface area contributed by atoms with Crippen LogP contribution in [0.25, 0.3) is 0 Å². The van der Waals surface area contributed by atoms with Crippen molar-refractivity contribution in [3.8, 4) is 0 Å². The van der Waals surface area contributed by atoms with E-state index >= 15 is 0 Å². The third-order valence-electron chi connectivity index (χ3n) is 2.83. The fourth-order valence-corrected chi connectivity index (χ4v) is 1.69. The Morgan fingerprint density at radius 1 is 1.46 bits per heavy atom. The second-order valence-electron chi connectivity index (χ2n) is 4.73. The number of carbonyl (C=O) groups is 1. The third-order valence-corrected chi connectivity index (χ3v) is 2.83. The Balaban J connectivity index is 2.67. The fourth-order valence-electron chi connectivity index (χ4n) is 1.69. The van der Waals surface area contributed by atoms with Crippen LogP contribution in [-0.2, 0) is 9.53 Å². The lowest BCUT2D eigenvalue weighted by Gasteiger charge is -2.32. The van der Waals surface area contributed by atoms with E-state index < -0.39 is 5.60 Å².